The Bertz CT molecular complexity index is 1040. The molecule has 4 rings (SSSR count). The van der Waals surface area contributed by atoms with Gasteiger partial charge < -0.3 is 28.9 Å². The Balaban J connectivity index is 1.73. The Morgan fingerprint density at radius 2 is 1.86 bits per heavy atom. The number of carbonyl (C=O) groups excluding carboxylic acids is 1. The number of pyridine rings is 1. The number of anilines is 1. The lowest BCUT2D eigenvalue weighted by Gasteiger charge is -2.35. The number of carboxylic acid groups (broad SMARTS) is 1. The van der Waals surface area contributed by atoms with Gasteiger partial charge >= 0.3 is 12.2 Å². The van der Waals surface area contributed by atoms with Crippen LogP contribution in [-0.4, -0.2) is 60.1 Å². The van der Waals surface area contributed by atoms with E-state index in [1.165, 1.54) is 13.3 Å². The zero-order valence-corrected chi connectivity index (χ0v) is 15.8. The van der Waals surface area contributed by atoms with Gasteiger partial charge in [0, 0.05) is 32.2 Å². The van der Waals surface area contributed by atoms with Crippen LogP contribution in [0.3, 0.4) is 0 Å². The lowest BCUT2D eigenvalue weighted by Crippen LogP contribution is -2.49. The molecule has 10 heteroatoms. The van der Waals surface area contributed by atoms with Gasteiger partial charge in [0.05, 0.1) is 29.9 Å². The number of nitrogens with zero attached hydrogens (tertiary/aromatic N) is 3. The Kier molecular flexibility index (Phi) is 4.77. The summed E-state index contributed by atoms with van der Waals surface area (Å²) >= 11 is 0. The van der Waals surface area contributed by atoms with Gasteiger partial charge in [-0.2, -0.15) is 0 Å². The van der Waals surface area contributed by atoms with E-state index in [0.717, 1.165) is 18.9 Å². The van der Waals surface area contributed by atoms with Crippen molar-refractivity contribution in [3.63, 3.8) is 0 Å². The van der Waals surface area contributed by atoms with Crippen LogP contribution in [0.4, 0.5) is 19.7 Å². The minimum atomic E-state index is -1.59. The second-order valence-corrected chi connectivity index (χ2v) is 7.09. The van der Waals surface area contributed by atoms with Crippen molar-refractivity contribution in [2.75, 3.05) is 38.2 Å². The first-order valence-electron chi connectivity index (χ1n) is 9.26. The number of fused-ring (bicyclic) bond motifs is 1. The lowest BCUT2D eigenvalue weighted by molar-refractivity contribution is 0.121. The largest absolute Gasteiger partial charge is 0.511 e. The molecule has 1 aromatic carbocycles. The predicted molar refractivity (Wildman–Crippen MR) is 101 cm³/mol. The lowest BCUT2D eigenvalue weighted by atomic mass is 10.1. The Morgan fingerprint density at radius 3 is 2.45 bits per heavy atom. The molecule has 9 nitrogen and oxygen atoms in total. The first kappa shape index (κ1) is 19.0. The number of halogens is 1. The van der Waals surface area contributed by atoms with Crippen molar-refractivity contribution in [2.24, 2.45) is 0 Å². The summed E-state index contributed by atoms with van der Waals surface area (Å²) in [6.07, 6.45) is 1.14. The average molecular weight is 405 g/mol. The van der Waals surface area contributed by atoms with Gasteiger partial charge in [0.25, 0.3) is 0 Å². The third kappa shape index (κ3) is 3.57. The number of rotatable bonds is 3. The molecular weight excluding hydrogens is 385 g/mol. The standard InChI is InChI=1S/C19H20FN3O6/c1-28-18(25)22-6-4-21(5-7-22)15-9-14-12(8-13(15)20)17(24)16(29-19(26)27)10-23(14)11-2-3-11/h8-11H,2-7H2,1H3,(H,26,27). The van der Waals surface area contributed by atoms with Crippen LogP contribution in [0.15, 0.2) is 23.1 Å². The minimum absolute atomic E-state index is 0.0742. The van der Waals surface area contributed by atoms with Crippen molar-refractivity contribution in [1.29, 1.82) is 0 Å². The highest BCUT2D eigenvalue weighted by Crippen LogP contribution is 2.39. The monoisotopic (exact) mass is 405 g/mol. The maximum absolute atomic E-state index is 14.9. The topological polar surface area (TPSA) is 101 Å². The third-order valence-corrected chi connectivity index (χ3v) is 5.26. The highest BCUT2D eigenvalue weighted by atomic mass is 19.1. The molecule has 2 heterocycles. The van der Waals surface area contributed by atoms with Crippen LogP contribution in [0, 0.1) is 5.82 Å². The molecule has 0 atom stereocenters. The van der Waals surface area contributed by atoms with Crippen LogP contribution >= 0.6 is 0 Å². The number of ether oxygens (including phenoxy) is 2. The Hall–Kier alpha value is -3.30. The molecule has 1 amide bonds. The molecule has 2 fully saturated rings. The zero-order chi connectivity index (χ0) is 20.7. The fraction of sp³-hybridized carbons (Fsp3) is 0.421. The summed E-state index contributed by atoms with van der Waals surface area (Å²) in [7, 11) is 1.32. The number of hydrogen-bond acceptors (Lipinski definition) is 6. The van der Waals surface area contributed by atoms with E-state index >= 15 is 0 Å². The van der Waals surface area contributed by atoms with Gasteiger partial charge in [0.15, 0.2) is 5.75 Å². The summed E-state index contributed by atoms with van der Waals surface area (Å²) in [5.74, 6) is -0.924. The maximum atomic E-state index is 14.9. The second kappa shape index (κ2) is 7.26. The fourth-order valence-electron chi connectivity index (χ4n) is 3.66. The van der Waals surface area contributed by atoms with E-state index in [4.69, 9.17) is 9.84 Å². The predicted octanol–water partition coefficient (Wildman–Crippen LogP) is 2.42. The quantitative estimate of drug-likeness (QED) is 0.783. The van der Waals surface area contributed by atoms with Gasteiger partial charge in [-0.25, -0.2) is 14.0 Å². The van der Waals surface area contributed by atoms with Gasteiger partial charge in [-0.05, 0) is 25.0 Å². The molecule has 1 aromatic heterocycles. The molecular formula is C19H20FN3O6. The molecule has 0 unspecified atom stereocenters. The molecule has 1 saturated carbocycles. The van der Waals surface area contributed by atoms with Crippen LogP contribution < -0.4 is 15.1 Å². The normalized spacial score (nSPS) is 16.8. The van der Waals surface area contributed by atoms with Crippen molar-refractivity contribution in [3.8, 4) is 5.75 Å². The van der Waals surface area contributed by atoms with E-state index in [1.807, 2.05) is 4.90 Å². The van der Waals surface area contributed by atoms with Gasteiger partial charge in [-0.3, -0.25) is 4.79 Å². The van der Waals surface area contributed by atoms with Crippen LogP contribution in [0.5, 0.6) is 5.75 Å². The number of methoxy groups -OCH3 is 1. The summed E-state index contributed by atoms with van der Waals surface area (Å²) in [5, 5.41) is 8.94. The van der Waals surface area contributed by atoms with Crippen LogP contribution in [0.25, 0.3) is 10.9 Å². The van der Waals surface area contributed by atoms with Gasteiger partial charge in [0.1, 0.15) is 5.82 Å². The van der Waals surface area contributed by atoms with Crippen molar-refractivity contribution >= 4 is 28.8 Å². The van der Waals surface area contributed by atoms with E-state index in [1.54, 1.807) is 15.5 Å². The number of piperazine rings is 1. The van der Waals surface area contributed by atoms with Crippen molar-refractivity contribution in [3.05, 3.63) is 34.4 Å². The molecule has 154 valence electrons. The number of benzene rings is 1. The van der Waals surface area contributed by atoms with Crippen LogP contribution in [0.1, 0.15) is 18.9 Å². The van der Waals surface area contributed by atoms with Crippen molar-refractivity contribution in [2.45, 2.75) is 18.9 Å². The second-order valence-electron chi connectivity index (χ2n) is 7.09. The average Bonchev–Trinajstić information content (AvgIpc) is 3.54. The molecule has 1 aliphatic carbocycles. The summed E-state index contributed by atoms with van der Waals surface area (Å²) in [6, 6.07) is 2.86. The molecule has 1 saturated heterocycles. The molecule has 29 heavy (non-hydrogen) atoms. The third-order valence-electron chi connectivity index (χ3n) is 5.26. The molecule has 1 aliphatic heterocycles. The van der Waals surface area contributed by atoms with E-state index in [2.05, 4.69) is 4.74 Å². The van der Waals surface area contributed by atoms with Gasteiger partial charge in [0.2, 0.25) is 5.43 Å². The fourth-order valence-corrected chi connectivity index (χ4v) is 3.66. The number of amides is 1. The van der Waals surface area contributed by atoms with Crippen LogP contribution in [-0.2, 0) is 4.74 Å². The van der Waals surface area contributed by atoms with E-state index in [0.29, 0.717) is 37.4 Å². The minimum Gasteiger partial charge on any atom is -0.453 e. The summed E-state index contributed by atoms with van der Waals surface area (Å²) in [4.78, 5) is 38.5. The summed E-state index contributed by atoms with van der Waals surface area (Å²) < 4.78 is 26.0. The van der Waals surface area contributed by atoms with Crippen molar-refractivity contribution in [1.82, 2.24) is 9.47 Å². The molecule has 0 spiro atoms. The molecule has 2 aromatic rings. The summed E-state index contributed by atoms with van der Waals surface area (Å²) in [5.41, 5.74) is 0.199. The number of carbonyl (C=O) groups is 2. The number of hydrogen-bond donors (Lipinski definition) is 1. The molecule has 0 bridgehead atoms. The van der Waals surface area contributed by atoms with Crippen molar-refractivity contribution < 1.29 is 28.6 Å². The zero-order valence-electron chi connectivity index (χ0n) is 15.8. The molecule has 2 aliphatic rings. The highest BCUT2D eigenvalue weighted by molar-refractivity contribution is 5.85. The first-order chi connectivity index (χ1) is 13.9. The van der Waals surface area contributed by atoms with E-state index in [9.17, 15) is 18.8 Å². The van der Waals surface area contributed by atoms with Crippen LogP contribution in [0.2, 0.25) is 0 Å². The van der Waals surface area contributed by atoms with Gasteiger partial charge in [-0.15, -0.1) is 0 Å². The maximum Gasteiger partial charge on any atom is 0.511 e. The van der Waals surface area contributed by atoms with E-state index < -0.39 is 23.5 Å². The Morgan fingerprint density at radius 1 is 1.17 bits per heavy atom. The number of aromatic nitrogens is 1. The first-order valence-corrected chi connectivity index (χ1v) is 9.26. The summed E-state index contributed by atoms with van der Waals surface area (Å²) in [6.45, 7) is 1.63. The SMILES string of the molecule is COC(=O)N1CCN(c2cc3c(cc2F)c(=O)c(OC(=O)O)cn3C2CC2)CC1. The smallest absolute Gasteiger partial charge is 0.453 e. The van der Waals surface area contributed by atoms with Gasteiger partial charge in [-0.1, -0.05) is 0 Å². The highest BCUT2D eigenvalue weighted by Gasteiger charge is 2.28. The van der Waals surface area contributed by atoms with E-state index in [-0.39, 0.29) is 17.2 Å². The Labute approximate surface area is 164 Å². The molecule has 1 N–H and O–H groups in total. The molecule has 0 radical (unpaired) electrons.